The fourth-order valence-corrected chi connectivity index (χ4v) is 4.97. The van der Waals surface area contributed by atoms with Gasteiger partial charge in [0, 0.05) is 24.5 Å². The van der Waals surface area contributed by atoms with Crippen LogP contribution in [0.5, 0.6) is 0 Å². The fourth-order valence-electron chi connectivity index (χ4n) is 3.75. The Morgan fingerprint density at radius 2 is 1.51 bits per heavy atom. The molecule has 9 heteroatoms. The summed E-state index contributed by atoms with van der Waals surface area (Å²) >= 11 is 3.36. The summed E-state index contributed by atoms with van der Waals surface area (Å²) in [6.07, 6.45) is 1.35. The number of anilines is 1. The highest BCUT2D eigenvalue weighted by molar-refractivity contribution is 9.10. The molecule has 0 heterocycles. The average Bonchev–Trinajstić information content (AvgIpc) is 2.84. The van der Waals surface area contributed by atoms with Crippen LogP contribution in [0, 0.1) is 0 Å². The molecule has 7 nitrogen and oxygen atoms in total. The van der Waals surface area contributed by atoms with Crippen molar-refractivity contribution < 1.29 is 18.0 Å². The molecule has 0 aliphatic carbocycles. The van der Waals surface area contributed by atoms with E-state index in [1.807, 2.05) is 60.7 Å². The number of nitrogens with one attached hydrogen (secondary N) is 1. The molecule has 1 N–H and O–H groups in total. The minimum absolute atomic E-state index is 0.153. The minimum Gasteiger partial charge on any atom is -0.357 e. The van der Waals surface area contributed by atoms with Crippen LogP contribution in [0.25, 0.3) is 0 Å². The molecule has 0 aromatic heterocycles. The molecule has 0 aliphatic heterocycles. The van der Waals surface area contributed by atoms with Crippen molar-refractivity contribution in [2.75, 3.05) is 24.2 Å². The Kier molecular flexibility index (Phi) is 9.06. The third-order valence-electron chi connectivity index (χ3n) is 5.49. The van der Waals surface area contributed by atoms with E-state index in [0.29, 0.717) is 10.2 Å². The highest BCUT2D eigenvalue weighted by Crippen LogP contribution is 2.23. The highest BCUT2D eigenvalue weighted by Gasteiger charge is 2.32. The lowest BCUT2D eigenvalue weighted by Gasteiger charge is -2.33. The molecule has 0 radical (unpaired) electrons. The summed E-state index contributed by atoms with van der Waals surface area (Å²) in [7, 11) is -2.26. The van der Waals surface area contributed by atoms with Crippen molar-refractivity contribution in [3.63, 3.8) is 0 Å². The van der Waals surface area contributed by atoms with E-state index in [9.17, 15) is 18.0 Å². The van der Waals surface area contributed by atoms with Crippen LogP contribution in [0.2, 0.25) is 0 Å². The number of amides is 2. The molecule has 3 aromatic carbocycles. The summed E-state index contributed by atoms with van der Waals surface area (Å²) in [5, 5.41) is 2.66. The summed E-state index contributed by atoms with van der Waals surface area (Å²) in [6, 6.07) is 24.6. The van der Waals surface area contributed by atoms with E-state index in [-0.39, 0.29) is 18.9 Å². The van der Waals surface area contributed by atoms with Crippen LogP contribution in [0.4, 0.5) is 5.69 Å². The van der Waals surface area contributed by atoms with E-state index in [4.69, 9.17) is 0 Å². The van der Waals surface area contributed by atoms with E-state index < -0.39 is 28.5 Å². The van der Waals surface area contributed by atoms with Gasteiger partial charge in [0.15, 0.2) is 0 Å². The molecule has 0 aliphatic rings. The summed E-state index contributed by atoms with van der Waals surface area (Å²) in [4.78, 5) is 28.2. The number of halogens is 1. The van der Waals surface area contributed by atoms with Crippen molar-refractivity contribution in [2.24, 2.45) is 0 Å². The fraction of sp³-hybridized carbons (Fsp3) is 0.231. The summed E-state index contributed by atoms with van der Waals surface area (Å²) < 4.78 is 27.1. The van der Waals surface area contributed by atoms with Crippen LogP contribution in [0.3, 0.4) is 0 Å². The smallest absolute Gasteiger partial charge is 0.244 e. The molecule has 1 atom stereocenters. The van der Waals surface area contributed by atoms with E-state index in [0.717, 1.165) is 21.7 Å². The highest BCUT2D eigenvalue weighted by atomic mass is 79.9. The molecule has 0 saturated heterocycles. The third-order valence-corrected chi connectivity index (χ3v) is 7.12. The average molecular weight is 558 g/mol. The molecular formula is C26H28BrN3O4S. The van der Waals surface area contributed by atoms with Crippen molar-refractivity contribution in [1.29, 1.82) is 0 Å². The van der Waals surface area contributed by atoms with Crippen molar-refractivity contribution in [3.05, 3.63) is 101 Å². The number of carbonyl (C=O) groups excluding carboxylic acids is 2. The number of hydrogen-bond donors (Lipinski definition) is 1. The molecule has 0 bridgehead atoms. The molecular weight excluding hydrogens is 530 g/mol. The molecule has 2 amide bonds. The maximum atomic E-state index is 13.7. The lowest BCUT2D eigenvalue weighted by Crippen LogP contribution is -2.52. The number of rotatable bonds is 10. The predicted molar refractivity (Wildman–Crippen MR) is 141 cm³/mol. The Morgan fingerprint density at radius 1 is 0.914 bits per heavy atom. The maximum Gasteiger partial charge on any atom is 0.244 e. The van der Waals surface area contributed by atoms with Gasteiger partial charge in [0.25, 0.3) is 0 Å². The van der Waals surface area contributed by atoms with Crippen molar-refractivity contribution in [1.82, 2.24) is 10.2 Å². The molecule has 0 fully saturated rings. The van der Waals surface area contributed by atoms with Crippen molar-refractivity contribution >= 4 is 43.5 Å². The Bertz CT molecular complexity index is 1250. The second-order valence-electron chi connectivity index (χ2n) is 8.08. The minimum atomic E-state index is -3.78. The third kappa shape index (κ3) is 7.40. The van der Waals surface area contributed by atoms with Gasteiger partial charge in [-0.25, -0.2) is 8.42 Å². The van der Waals surface area contributed by atoms with Gasteiger partial charge in [-0.05, 0) is 29.3 Å². The Balaban J connectivity index is 2.00. The second kappa shape index (κ2) is 12.0. The lowest BCUT2D eigenvalue weighted by molar-refractivity contribution is -0.139. The van der Waals surface area contributed by atoms with E-state index in [1.165, 1.54) is 11.9 Å². The maximum absolute atomic E-state index is 13.7. The van der Waals surface area contributed by atoms with E-state index in [2.05, 4.69) is 21.2 Å². The summed E-state index contributed by atoms with van der Waals surface area (Å²) in [5.74, 6) is -0.810. The van der Waals surface area contributed by atoms with Crippen molar-refractivity contribution in [2.45, 2.75) is 19.0 Å². The van der Waals surface area contributed by atoms with Crippen LogP contribution in [-0.2, 0) is 32.6 Å². The largest absolute Gasteiger partial charge is 0.357 e. The van der Waals surface area contributed by atoms with Crippen LogP contribution in [-0.4, -0.2) is 51.0 Å². The van der Waals surface area contributed by atoms with Crippen LogP contribution >= 0.6 is 15.9 Å². The lowest BCUT2D eigenvalue weighted by atomic mass is 10.0. The van der Waals surface area contributed by atoms with Gasteiger partial charge >= 0.3 is 0 Å². The SMILES string of the molecule is CNC(=O)[C@H](Cc1ccccc1)N(Cc1ccccc1)C(=O)CN(c1cccc(Br)c1)S(C)(=O)=O. The predicted octanol–water partition coefficient (Wildman–Crippen LogP) is 3.60. The standard InChI is InChI=1S/C26H28BrN3O4S/c1-28-26(32)24(16-20-10-5-3-6-11-20)29(18-21-12-7-4-8-13-21)25(31)19-30(35(2,33)34)23-15-9-14-22(27)17-23/h3-15,17,24H,16,18-19H2,1-2H3,(H,28,32)/t24-/m0/s1. The zero-order valence-corrected chi connectivity index (χ0v) is 22.0. The Hall–Kier alpha value is -3.17. The van der Waals surface area contributed by atoms with Gasteiger partial charge in [-0.1, -0.05) is 82.7 Å². The molecule has 3 aromatic rings. The van der Waals surface area contributed by atoms with Crippen LogP contribution in [0.1, 0.15) is 11.1 Å². The molecule has 0 unspecified atom stereocenters. The topological polar surface area (TPSA) is 86.8 Å². The van der Waals surface area contributed by atoms with E-state index >= 15 is 0 Å². The van der Waals surface area contributed by atoms with Gasteiger partial charge in [-0.15, -0.1) is 0 Å². The first-order valence-corrected chi connectivity index (χ1v) is 13.7. The van der Waals surface area contributed by atoms with Crippen LogP contribution in [0.15, 0.2) is 89.4 Å². The molecule has 184 valence electrons. The monoisotopic (exact) mass is 557 g/mol. The van der Waals surface area contributed by atoms with Gasteiger partial charge < -0.3 is 10.2 Å². The van der Waals surface area contributed by atoms with E-state index in [1.54, 1.807) is 24.3 Å². The molecule has 3 rings (SSSR count). The van der Waals surface area contributed by atoms with Gasteiger partial charge in [0.1, 0.15) is 12.6 Å². The quantitative estimate of drug-likeness (QED) is 0.412. The summed E-state index contributed by atoms with van der Waals surface area (Å²) in [5.41, 5.74) is 2.07. The number of likely N-dealkylation sites (N-methyl/N-ethyl adjacent to an activating group) is 1. The first-order valence-electron chi connectivity index (χ1n) is 11.0. The normalized spacial score (nSPS) is 12.0. The second-order valence-corrected chi connectivity index (χ2v) is 10.9. The first kappa shape index (κ1) is 26.4. The molecule has 0 saturated carbocycles. The molecule has 35 heavy (non-hydrogen) atoms. The van der Waals surface area contributed by atoms with Gasteiger partial charge in [0.2, 0.25) is 21.8 Å². The first-order chi connectivity index (χ1) is 16.7. The number of hydrogen-bond acceptors (Lipinski definition) is 4. The number of carbonyl (C=O) groups is 2. The van der Waals surface area contributed by atoms with Crippen molar-refractivity contribution in [3.8, 4) is 0 Å². The Labute approximate surface area is 214 Å². The number of sulfonamides is 1. The van der Waals surface area contributed by atoms with Gasteiger partial charge in [0.05, 0.1) is 11.9 Å². The number of benzene rings is 3. The summed E-state index contributed by atoms with van der Waals surface area (Å²) in [6.45, 7) is -0.287. The zero-order chi connectivity index (χ0) is 25.4. The van der Waals surface area contributed by atoms with Gasteiger partial charge in [-0.2, -0.15) is 0 Å². The van der Waals surface area contributed by atoms with Gasteiger partial charge in [-0.3, -0.25) is 13.9 Å². The molecule has 0 spiro atoms. The zero-order valence-electron chi connectivity index (χ0n) is 19.6. The Morgan fingerprint density at radius 3 is 2.06 bits per heavy atom. The van der Waals surface area contributed by atoms with Crippen LogP contribution < -0.4 is 9.62 Å². The number of nitrogens with zero attached hydrogens (tertiary/aromatic N) is 2.